The van der Waals surface area contributed by atoms with Gasteiger partial charge in [0.25, 0.3) is 0 Å². The van der Waals surface area contributed by atoms with Crippen molar-refractivity contribution in [2.45, 2.75) is 26.7 Å². The van der Waals surface area contributed by atoms with Crippen molar-refractivity contribution in [1.29, 1.82) is 0 Å². The summed E-state index contributed by atoms with van der Waals surface area (Å²) in [6, 6.07) is 0. The summed E-state index contributed by atoms with van der Waals surface area (Å²) in [5.74, 6) is 2.27. The molecule has 2 aliphatic rings. The topological polar surface area (TPSA) is 0 Å². The fourth-order valence-corrected chi connectivity index (χ4v) is 2.88. The van der Waals surface area contributed by atoms with Crippen LogP contribution in [0.15, 0.2) is 33.8 Å². The van der Waals surface area contributed by atoms with Crippen molar-refractivity contribution in [2.24, 2.45) is 0 Å². The summed E-state index contributed by atoms with van der Waals surface area (Å²) >= 11 is 1.91. The lowest BCUT2D eigenvalue weighted by molar-refractivity contribution is 0.943. The molecule has 1 aliphatic heterocycles. The number of thioether (sulfide) groups is 1. The SMILES string of the molecule is CCCC1=C2C(C)=CC=C2[CH]S1. The van der Waals surface area contributed by atoms with Crippen LogP contribution >= 0.6 is 11.8 Å². The van der Waals surface area contributed by atoms with E-state index in [0.29, 0.717) is 0 Å². The first-order valence-electron chi connectivity index (χ1n) is 4.45. The van der Waals surface area contributed by atoms with Gasteiger partial charge in [0.2, 0.25) is 0 Å². The normalized spacial score (nSPS) is 21.2. The average molecular weight is 177 g/mol. The fourth-order valence-electron chi connectivity index (χ4n) is 1.69. The van der Waals surface area contributed by atoms with Crippen LogP contribution in [0.1, 0.15) is 26.7 Å². The second-order valence-electron chi connectivity index (χ2n) is 3.26. The summed E-state index contributed by atoms with van der Waals surface area (Å²) in [6.07, 6.45) is 6.93. The molecule has 0 bridgehead atoms. The number of rotatable bonds is 2. The van der Waals surface area contributed by atoms with Crippen LogP contribution < -0.4 is 0 Å². The summed E-state index contributed by atoms with van der Waals surface area (Å²) < 4.78 is 0. The molecule has 2 rings (SSSR count). The second kappa shape index (κ2) is 3.14. The molecule has 0 nitrogen and oxygen atoms in total. The Labute approximate surface area is 78.4 Å². The molecule has 0 N–H and O–H groups in total. The molecule has 1 aliphatic carbocycles. The van der Waals surface area contributed by atoms with Crippen LogP contribution in [-0.2, 0) is 0 Å². The number of hydrogen-bond acceptors (Lipinski definition) is 1. The Bertz CT molecular complexity index is 292. The molecule has 0 atom stereocenters. The number of allylic oxidation sites excluding steroid dienone is 5. The van der Waals surface area contributed by atoms with Crippen LogP contribution in [0.2, 0.25) is 0 Å². The van der Waals surface area contributed by atoms with Gasteiger partial charge in [0, 0.05) is 0 Å². The molecule has 0 saturated carbocycles. The van der Waals surface area contributed by atoms with E-state index in [2.05, 4.69) is 31.8 Å². The zero-order chi connectivity index (χ0) is 8.55. The maximum atomic E-state index is 2.27. The lowest BCUT2D eigenvalue weighted by atomic mass is 10.0. The van der Waals surface area contributed by atoms with Crippen LogP contribution in [0.4, 0.5) is 0 Å². The molecule has 0 unspecified atom stereocenters. The summed E-state index contributed by atoms with van der Waals surface area (Å²) in [7, 11) is 0. The molecule has 0 saturated heterocycles. The third kappa shape index (κ3) is 1.16. The van der Waals surface area contributed by atoms with E-state index in [4.69, 9.17) is 0 Å². The van der Waals surface area contributed by atoms with Crippen LogP contribution in [0.5, 0.6) is 0 Å². The third-order valence-corrected chi connectivity index (χ3v) is 3.34. The van der Waals surface area contributed by atoms with Crippen LogP contribution in [-0.4, -0.2) is 0 Å². The minimum atomic E-state index is 1.24. The van der Waals surface area contributed by atoms with Crippen LogP contribution in [0.3, 0.4) is 0 Å². The van der Waals surface area contributed by atoms with E-state index in [1.54, 1.807) is 4.91 Å². The van der Waals surface area contributed by atoms with Gasteiger partial charge in [0.15, 0.2) is 0 Å². The van der Waals surface area contributed by atoms with Gasteiger partial charge in [-0.25, -0.2) is 0 Å². The highest BCUT2D eigenvalue weighted by Crippen LogP contribution is 2.46. The lowest BCUT2D eigenvalue weighted by Gasteiger charge is -2.02. The second-order valence-corrected chi connectivity index (χ2v) is 4.22. The molecular weight excluding hydrogens is 164 g/mol. The Morgan fingerprint density at radius 3 is 2.92 bits per heavy atom. The predicted molar refractivity (Wildman–Crippen MR) is 55.7 cm³/mol. The Morgan fingerprint density at radius 1 is 1.33 bits per heavy atom. The summed E-state index contributed by atoms with van der Waals surface area (Å²) in [5, 5.41) is 0. The average Bonchev–Trinajstić information content (AvgIpc) is 2.58. The molecule has 0 fully saturated rings. The molecular formula is C11H13S. The van der Waals surface area contributed by atoms with Crippen molar-refractivity contribution < 1.29 is 0 Å². The van der Waals surface area contributed by atoms with E-state index >= 15 is 0 Å². The van der Waals surface area contributed by atoms with Crippen molar-refractivity contribution in [3.05, 3.63) is 39.5 Å². The van der Waals surface area contributed by atoms with Crippen LogP contribution in [0.25, 0.3) is 0 Å². The van der Waals surface area contributed by atoms with Gasteiger partial charge in [0.05, 0.1) is 5.75 Å². The Morgan fingerprint density at radius 2 is 2.17 bits per heavy atom. The first-order chi connectivity index (χ1) is 5.83. The van der Waals surface area contributed by atoms with Gasteiger partial charge in [-0.1, -0.05) is 25.5 Å². The highest BCUT2D eigenvalue weighted by Gasteiger charge is 2.23. The van der Waals surface area contributed by atoms with Crippen molar-refractivity contribution in [3.8, 4) is 0 Å². The van der Waals surface area contributed by atoms with Gasteiger partial charge in [-0.15, -0.1) is 11.8 Å². The summed E-state index contributed by atoms with van der Waals surface area (Å²) in [5.41, 5.74) is 4.39. The molecule has 0 aromatic carbocycles. The highest BCUT2D eigenvalue weighted by molar-refractivity contribution is 8.05. The maximum absolute atomic E-state index is 2.27. The largest absolute Gasteiger partial charge is 0.120 e. The quantitative estimate of drug-likeness (QED) is 0.617. The molecule has 12 heavy (non-hydrogen) atoms. The van der Waals surface area contributed by atoms with E-state index in [1.807, 2.05) is 11.8 Å². The Hall–Kier alpha value is -0.430. The highest BCUT2D eigenvalue weighted by atomic mass is 32.2. The zero-order valence-corrected chi connectivity index (χ0v) is 8.37. The molecule has 1 radical (unpaired) electrons. The minimum absolute atomic E-state index is 1.24. The standard InChI is InChI=1S/C11H13S/c1-3-4-10-11-8(2)5-6-9(11)7-12-10/h5-7H,3-4H2,1-2H3. The fraction of sp³-hybridized carbons (Fsp3) is 0.364. The summed E-state index contributed by atoms with van der Waals surface area (Å²) in [6.45, 7) is 4.44. The summed E-state index contributed by atoms with van der Waals surface area (Å²) in [4.78, 5) is 1.56. The van der Waals surface area contributed by atoms with E-state index in [9.17, 15) is 0 Å². The van der Waals surface area contributed by atoms with Crippen molar-refractivity contribution in [1.82, 2.24) is 0 Å². The van der Waals surface area contributed by atoms with E-state index in [1.165, 1.54) is 29.6 Å². The molecule has 63 valence electrons. The monoisotopic (exact) mass is 177 g/mol. The molecule has 0 spiro atoms. The molecule has 0 aromatic rings. The lowest BCUT2D eigenvalue weighted by Crippen LogP contribution is -1.83. The van der Waals surface area contributed by atoms with E-state index in [0.717, 1.165) is 0 Å². The first kappa shape index (κ1) is 8.18. The number of fused-ring (bicyclic) bond motifs is 1. The van der Waals surface area contributed by atoms with Gasteiger partial charge >= 0.3 is 0 Å². The first-order valence-corrected chi connectivity index (χ1v) is 5.33. The van der Waals surface area contributed by atoms with E-state index < -0.39 is 0 Å². The van der Waals surface area contributed by atoms with Crippen molar-refractivity contribution in [2.75, 3.05) is 0 Å². The number of hydrogen-bond donors (Lipinski definition) is 0. The van der Waals surface area contributed by atoms with Gasteiger partial charge < -0.3 is 0 Å². The third-order valence-electron chi connectivity index (χ3n) is 2.28. The molecule has 1 heteroatoms. The van der Waals surface area contributed by atoms with Gasteiger partial charge in [-0.05, 0) is 35.0 Å². The smallest absolute Gasteiger partial charge is 0.0511 e. The van der Waals surface area contributed by atoms with Crippen molar-refractivity contribution >= 4 is 11.8 Å². The van der Waals surface area contributed by atoms with Gasteiger partial charge in [-0.3, -0.25) is 0 Å². The Balaban J connectivity index is 2.32. The Kier molecular flexibility index (Phi) is 2.14. The van der Waals surface area contributed by atoms with E-state index in [-0.39, 0.29) is 0 Å². The molecule has 0 aromatic heterocycles. The van der Waals surface area contributed by atoms with Gasteiger partial charge in [-0.2, -0.15) is 0 Å². The zero-order valence-electron chi connectivity index (χ0n) is 7.55. The predicted octanol–water partition coefficient (Wildman–Crippen LogP) is 3.84. The minimum Gasteiger partial charge on any atom is -0.120 e. The van der Waals surface area contributed by atoms with Gasteiger partial charge in [0.1, 0.15) is 0 Å². The maximum Gasteiger partial charge on any atom is 0.0511 e. The van der Waals surface area contributed by atoms with Crippen LogP contribution in [0, 0.1) is 5.75 Å². The molecule has 1 heterocycles. The molecule has 0 amide bonds. The van der Waals surface area contributed by atoms with Crippen molar-refractivity contribution in [3.63, 3.8) is 0 Å².